The number of aliphatic imine (C=N–C) groups is 1. The van der Waals surface area contributed by atoms with Crippen molar-refractivity contribution in [2.45, 2.75) is 58.4 Å². The zero-order valence-electron chi connectivity index (χ0n) is 12.8. The van der Waals surface area contributed by atoms with Crippen LogP contribution in [0.5, 0.6) is 0 Å². The lowest BCUT2D eigenvalue weighted by Crippen LogP contribution is -2.54. The van der Waals surface area contributed by atoms with Crippen molar-refractivity contribution in [3.8, 4) is 12.3 Å². The Bertz CT molecular complexity index is 469. The lowest BCUT2D eigenvalue weighted by atomic mass is 9.76. The van der Waals surface area contributed by atoms with Crippen molar-refractivity contribution in [3.63, 3.8) is 0 Å². The Morgan fingerprint density at radius 1 is 1.45 bits per heavy atom. The minimum Gasteiger partial charge on any atom is -0.385 e. The van der Waals surface area contributed by atoms with E-state index < -0.39 is 5.54 Å². The van der Waals surface area contributed by atoms with Crippen LogP contribution in [0.1, 0.15) is 52.9 Å². The molecule has 4 nitrogen and oxygen atoms in total. The summed E-state index contributed by atoms with van der Waals surface area (Å²) in [6.07, 6.45) is 10.5. The predicted octanol–water partition coefficient (Wildman–Crippen LogP) is 2.78. The molecule has 4 heteroatoms. The summed E-state index contributed by atoms with van der Waals surface area (Å²) in [5.74, 6) is 3.69. The van der Waals surface area contributed by atoms with Crippen molar-refractivity contribution in [2.24, 2.45) is 22.1 Å². The summed E-state index contributed by atoms with van der Waals surface area (Å²) in [6, 6.07) is -0.269. The summed E-state index contributed by atoms with van der Waals surface area (Å²) in [7, 11) is 0. The largest absolute Gasteiger partial charge is 0.385 e. The molecule has 2 unspecified atom stereocenters. The van der Waals surface area contributed by atoms with Gasteiger partial charge in [0, 0.05) is 0 Å². The minimum absolute atomic E-state index is 0.269. The molecule has 1 spiro atoms. The molecule has 0 aromatic heterocycles. The molecule has 1 aliphatic carbocycles. The summed E-state index contributed by atoms with van der Waals surface area (Å²) >= 11 is 0. The number of hydrogen-bond donors (Lipinski definition) is 1. The Kier molecular flexibility index (Phi) is 3.82. The lowest BCUT2D eigenvalue weighted by Gasteiger charge is -2.37. The molecule has 110 valence electrons. The maximum absolute atomic E-state index is 12.0. The molecule has 20 heavy (non-hydrogen) atoms. The van der Waals surface area contributed by atoms with Crippen molar-refractivity contribution in [2.75, 3.05) is 6.54 Å². The first-order valence-electron chi connectivity index (χ1n) is 7.41. The summed E-state index contributed by atoms with van der Waals surface area (Å²) in [6.45, 7) is 7.15. The van der Waals surface area contributed by atoms with Gasteiger partial charge in [0.2, 0.25) is 0 Å². The summed E-state index contributed by atoms with van der Waals surface area (Å²) in [5.41, 5.74) is 5.96. The quantitative estimate of drug-likeness (QED) is 0.748. The van der Waals surface area contributed by atoms with E-state index in [4.69, 9.17) is 12.2 Å². The van der Waals surface area contributed by atoms with E-state index >= 15 is 0 Å². The second-order valence-corrected chi connectivity index (χ2v) is 7.10. The number of nitrogens with zero attached hydrogens (tertiary/aromatic N) is 2. The second-order valence-electron chi connectivity index (χ2n) is 7.10. The zero-order chi connectivity index (χ0) is 15.0. The van der Waals surface area contributed by atoms with E-state index in [-0.39, 0.29) is 11.4 Å². The zero-order valence-corrected chi connectivity index (χ0v) is 12.8. The number of terminal acetylenes is 1. The Morgan fingerprint density at radius 3 is 2.75 bits per heavy atom. The molecule has 2 N–H and O–H groups in total. The maximum atomic E-state index is 12.0. The number of nitrogens with two attached hydrogens (primary N) is 1. The van der Waals surface area contributed by atoms with Crippen LogP contribution in [-0.2, 0) is 0 Å². The van der Waals surface area contributed by atoms with Gasteiger partial charge in [0.25, 0.3) is 0 Å². The average Bonchev–Trinajstić information content (AvgIpc) is 2.55. The number of hydrogen-bond acceptors (Lipinski definition) is 2. The van der Waals surface area contributed by atoms with Crippen LogP contribution in [0.2, 0.25) is 0 Å². The summed E-state index contributed by atoms with van der Waals surface area (Å²) in [5, 5.41) is 0. The van der Waals surface area contributed by atoms with E-state index in [2.05, 4.69) is 31.7 Å². The van der Waals surface area contributed by atoms with Crippen LogP contribution in [-0.4, -0.2) is 28.9 Å². The van der Waals surface area contributed by atoms with E-state index in [0.717, 1.165) is 25.7 Å². The van der Waals surface area contributed by atoms with Gasteiger partial charge in [-0.1, -0.05) is 33.1 Å². The van der Waals surface area contributed by atoms with Gasteiger partial charge in [-0.15, -0.1) is 6.42 Å². The molecule has 1 fully saturated rings. The Hall–Kier alpha value is -1.50. The first-order chi connectivity index (χ1) is 9.31. The lowest BCUT2D eigenvalue weighted by molar-refractivity contribution is 0.165. The highest BCUT2D eigenvalue weighted by Crippen LogP contribution is 2.43. The Balaban J connectivity index is 2.24. The number of amides is 2. The van der Waals surface area contributed by atoms with E-state index in [1.807, 2.05) is 0 Å². The third kappa shape index (κ3) is 2.42. The van der Waals surface area contributed by atoms with E-state index in [1.54, 1.807) is 4.90 Å². The number of urea groups is 1. The smallest absolute Gasteiger partial charge is 0.346 e. The van der Waals surface area contributed by atoms with E-state index in [9.17, 15) is 4.79 Å². The predicted molar refractivity (Wildman–Crippen MR) is 81.3 cm³/mol. The molecule has 0 radical (unpaired) electrons. The molecule has 2 atom stereocenters. The van der Waals surface area contributed by atoms with Crippen LogP contribution in [0.25, 0.3) is 0 Å². The first-order valence-corrected chi connectivity index (χ1v) is 7.41. The molecule has 1 aliphatic heterocycles. The number of carbonyl (C=O) groups is 1. The van der Waals surface area contributed by atoms with Gasteiger partial charge < -0.3 is 5.73 Å². The van der Waals surface area contributed by atoms with Crippen LogP contribution in [0.4, 0.5) is 4.79 Å². The van der Waals surface area contributed by atoms with Crippen molar-refractivity contribution >= 4 is 11.9 Å². The van der Waals surface area contributed by atoms with Gasteiger partial charge in [-0.2, -0.15) is 4.99 Å². The molecule has 0 aromatic carbocycles. The number of carbonyl (C=O) groups excluding carboxylic acids is 1. The van der Waals surface area contributed by atoms with E-state index in [0.29, 0.717) is 18.3 Å². The molecule has 2 aliphatic rings. The normalized spacial score (nSPS) is 31.1. The van der Waals surface area contributed by atoms with Gasteiger partial charge in [0.1, 0.15) is 11.4 Å². The molecular weight excluding hydrogens is 250 g/mol. The van der Waals surface area contributed by atoms with Crippen molar-refractivity contribution in [1.82, 2.24) is 4.90 Å². The van der Waals surface area contributed by atoms with Crippen LogP contribution in [0, 0.1) is 23.7 Å². The van der Waals surface area contributed by atoms with Crippen molar-refractivity contribution in [3.05, 3.63) is 0 Å². The standard InChI is InChI=1S/C16H25N3O/c1-5-11-19-14(20)18-13(17)16(19)9-6-7-12(8-10-16)15(2,3)4/h1,12H,6-11H2,2-4H3,(H2,17,18,20). The van der Waals surface area contributed by atoms with E-state index in [1.165, 1.54) is 6.42 Å². The van der Waals surface area contributed by atoms with Crippen molar-refractivity contribution < 1.29 is 4.79 Å². The van der Waals surface area contributed by atoms with Gasteiger partial charge in [0.15, 0.2) is 0 Å². The highest BCUT2D eigenvalue weighted by atomic mass is 16.2. The van der Waals surface area contributed by atoms with Crippen LogP contribution in [0.15, 0.2) is 4.99 Å². The summed E-state index contributed by atoms with van der Waals surface area (Å²) < 4.78 is 0. The fraction of sp³-hybridized carbons (Fsp3) is 0.750. The van der Waals surface area contributed by atoms with Gasteiger partial charge in [0.05, 0.1) is 6.54 Å². The highest BCUT2D eigenvalue weighted by molar-refractivity contribution is 6.05. The fourth-order valence-electron chi connectivity index (χ4n) is 3.61. The highest BCUT2D eigenvalue weighted by Gasteiger charge is 2.49. The third-order valence-corrected chi connectivity index (χ3v) is 4.96. The fourth-order valence-corrected chi connectivity index (χ4v) is 3.61. The molecular formula is C16H25N3O. The molecule has 2 rings (SSSR count). The van der Waals surface area contributed by atoms with Crippen LogP contribution in [0.3, 0.4) is 0 Å². The molecule has 2 amide bonds. The second kappa shape index (κ2) is 5.12. The third-order valence-electron chi connectivity index (χ3n) is 4.96. The maximum Gasteiger partial charge on any atom is 0.346 e. The van der Waals surface area contributed by atoms with Crippen LogP contribution >= 0.6 is 0 Å². The number of rotatable bonds is 1. The van der Waals surface area contributed by atoms with Gasteiger partial charge in [-0.05, 0) is 37.0 Å². The first kappa shape index (κ1) is 14.9. The average molecular weight is 275 g/mol. The van der Waals surface area contributed by atoms with Crippen LogP contribution < -0.4 is 5.73 Å². The number of amidine groups is 1. The SMILES string of the molecule is C#CCN1C(=O)N=C(N)C12CCCC(C(C)(C)C)CC2. The Morgan fingerprint density at radius 2 is 2.15 bits per heavy atom. The Labute approximate surface area is 121 Å². The molecule has 1 heterocycles. The molecule has 0 aromatic rings. The van der Waals surface area contributed by atoms with Crippen molar-refractivity contribution in [1.29, 1.82) is 0 Å². The molecule has 0 bridgehead atoms. The minimum atomic E-state index is -0.427. The van der Waals surface area contributed by atoms with Gasteiger partial charge in [-0.25, -0.2) is 4.79 Å². The van der Waals surface area contributed by atoms with Gasteiger partial charge in [-0.3, -0.25) is 4.90 Å². The molecule has 1 saturated carbocycles. The topological polar surface area (TPSA) is 58.7 Å². The van der Waals surface area contributed by atoms with Gasteiger partial charge >= 0.3 is 6.03 Å². The summed E-state index contributed by atoms with van der Waals surface area (Å²) in [4.78, 5) is 17.7. The monoisotopic (exact) mass is 275 g/mol. The molecule has 0 saturated heterocycles.